The van der Waals surface area contributed by atoms with Gasteiger partial charge < -0.3 is 10.1 Å². The minimum absolute atomic E-state index is 0.220. The summed E-state index contributed by atoms with van der Waals surface area (Å²) in [6.07, 6.45) is 7.31. The zero-order valence-corrected chi connectivity index (χ0v) is 11.4. The second-order valence-corrected chi connectivity index (χ2v) is 4.24. The number of carbonyl (C=O) groups is 2. The largest absolute Gasteiger partial charge is 0.466 e. The summed E-state index contributed by atoms with van der Waals surface area (Å²) < 4.78 is 4.83. The van der Waals surface area contributed by atoms with Crippen LogP contribution in [0.25, 0.3) is 10.4 Å². The predicted molar refractivity (Wildman–Crippen MR) is 71.5 cm³/mol. The number of rotatable bonds is 10. The number of amides is 2. The lowest BCUT2D eigenvalue weighted by molar-refractivity contribution is -0.141. The van der Waals surface area contributed by atoms with Gasteiger partial charge in [-0.1, -0.05) is 32.1 Å². The number of nitrogens with zero attached hydrogens (tertiary/aromatic N) is 3. The SMILES string of the molecule is CC(=O)OCCCCCCCCCNC(=O)N=[N+]=[N-]. The van der Waals surface area contributed by atoms with Crippen molar-refractivity contribution in [1.29, 1.82) is 0 Å². The second kappa shape index (κ2) is 12.7. The molecule has 0 aromatic heterocycles. The number of azide groups is 1. The monoisotopic (exact) mass is 270 g/mol. The Balaban J connectivity index is 3.13. The highest BCUT2D eigenvalue weighted by Gasteiger charge is 1.96. The molecule has 7 nitrogen and oxygen atoms in total. The van der Waals surface area contributed by atoms with Gasteiger partial charge in [-0.15, -0.1) is 0 Å². The van der Waals surface area contributed by atoms with E-state index < -0.39 is 6.03 Å². The van der Waals surface area contributed by atoms with Crippen LogP contribution in [0.1, 0.15) is 51.9 Å². The van der Waals surface area contributed by atoms with Crippen LogP contribution in [0.3, 0.4) is 0 Å². The molecule has 108 valence electrons. The fraction of sp³-hybridized carbons (Fsp3) is 0.833. The van der Waals surface area contributed by atoms with Gasteiger partial charge in [0.25, 0.3) is 0 Å². The normalized spacial score (nSPS) is 9.53. The summed E-state index contributed by atoms with van der Waals surface area (Å²) in [5.41, 5.74) is 8.00. The molecule has 0 spiro atoms. The summed E-state index contributed by atoms with van der Waals surface area (Å²) in [6, 6.07) is -0.618. The Kier molecular flexibility index (Phi) is 11.5. The van der Waals surface area contributed by atoms with Crippen molar-refractivity contribution in [3.63, 3.8) is 0 Å². The molecule has 0 heterocycles. The van der Waals surface area contributed by atoms with Crippen LogP contribution in [0, 0.1) is 0 Å². The van der Waals surface area contributed by atoms with Crippen LogP contribution in [-0.4, -0.2) is 25.2 Å². The Hall–Kier alpha value is -1.75. The Morgan fingerprint density at radius 2 is 1.68 bits per heavy atom. The zero-order chi connectivity index (χ0) is 14.3. The quantitative estimate of drug-likeness (QED) is 0.216. The molecule has 0 bridgehead atoms. The van der Waals surface area contributed by atoms with Gasteiger partial charge in [-0.3, -0.25) is 9.59 Å². The molecular weight excluding hydrogens is 248 g/mol. The summed E-state index contributed by atoms with van der Waals surface area (Å²) in [5.74, 6) is -0.220. The maximum Gasteiger partial charge on any atom is 0.308 e. The summed E-state index contributed by atoms with van der Waals surface area (Å²) >= 11 is 0. The average molecular weight is 270 g/mol. The van der Waals surface area contributed by atoms with Crippen molar-refractivity contribution < 1.29 is 14.3 Å². The third kappa shape index (κ3) is 14.2. The van der Waals surface area contributed by atoms with Gasteiger partial charge in [-0.2, -0.15) is 0 Å². The molecule has 0 saturated heterocycles. The molecular formula is C12H22N4O3. The van der Waals surface area contributed by atoms with E-state index in [0.717, 1.165) is 44.9 Å². The van der Waals surface area contributed by atoms with Crippen LogP contribution in [0.2, 0.25) is 0 Å². The first kappa shape index (κ1) is 17.2. The highest BCUT2D eigenvalue weighted by Crippen LogP contribution is 2.07. The number of carbonyl (C=O) groups excluding carboxylic acids is 2. The first-order chi connectivity index (χ1) is 9.16. The number of unbranched alkanes of at least 4 members (excludes halogenated alkanes) is 6. The lowest BCUT2D eigenvalue weighted by atomic mass is 10.1. The fourth-order valence-corrected chi connectivity index (χ4v) is 1.60. The second-order valence-electron chi connectivity index (χ2n) is 4.24. The first-order valence-electron chi connectivity index (χ1n) is 6.63. The Morgan fingerprint density at radius 1 is 1.11 bits per heavy atom. The highest BCUT2D eigenvalue weighted by atomic mass is 16.5. The molecule has 0 unspecified atom stereocenters. The van der Waals surface area contributed by atoms with Crippen molar-refractivity contribution in [2.24, 2.45) is 5.11 Å². The van der Waals surface area contributed by atoms with Gasteiger partial charge in [0.05, 0.1) is 6.61 Å². The smallest absolute Gasteiger partial charge is 0.308 e. The molecule has 0 aromatic rings. The van der Waals surface area contributed by atoms with Crippen molar-refractivity contribution in [2.45, 2.75) is 51.9 Å². The van der Waals surface area contributed by atoms with Crippen LogP contribution < -0.4 is 5.32 Å². The van der Waals surface area contributed by atoms with Crippen LogP contribution in [0.15, 0.2) is 5.11 Å². The molecule has 19 heavy (non-hydrogen) atoms. The molecule has 0 aromatic carbocycles. The molecule has 7 heteroatoms. The fourth-order valence-electron chi connectivity index (χ4n) is 1.60. The molecule has 0 atom stereocenters. The van der Waals surface area contributed by atoms with E-state index in [2.05, 4.69) is 15.3 Å². The van der Waals surface area contributed by atoms with E-state index in [1.54, 1.807) is 0 Å². The van der Waals surface area contributed by atoms with E-state index in [4.69, 9.17) is 10.3 Å². The molecule has 1 N–H and O–H groups in total. The summed E-state index contributed by atoms with van der Waals surface area (Å²) in [5, 5.41) is 5.41. The zero-order valence-electron chi connectivity index (χ0n) is 11.4. The van der Waals surface area contributed by atoms with Crippen molar-refractivity contribution in [3.05, 3.63) is 10.4 Å². The first-order valence-corrected chi connectivity index (χ1v) is 6.63. The number of hydrogen-bond acceptors (Lipinski definition) is 3. The van der Waals surface area contributed by atoms with Crippen molar-refractivity contribution in [2.75, 3.05) is 13.2 Å². The van der Waals surface area contributed by atoms with E-state index in [-0.39, 0.29) is 5.97 Å². The van der Waals surface area contributed by atoms with Crippen LogP contribution in [0.5, 0.6) is 0 Å². The van der Waals surface area contributed by atoms with Gasteiger partial charge >= 0.3 is 12.0 Å². The average Bonchev–Trinajstić information content (AvgIpc) is 2.36. The van der Waals surface area contributed by atoms with E-state index in [1.165, 1.54) is 6.92 Å². The highest BCUT2D eigenvalue weighted by molar-refractivity contribution is 5.74. The molecule has 0 saturated carbocycles. The van der Waals surface area contributed by atoms with E-state index in [0.29, 0.717) is 13.2 Å². The minimum Gasteiger partial charge on any atom is -0.466 e. The number of urea groups is 1. The number of hydrogen-bond donors (Lipinski definition) is 1. The lowest BCUT2D eigenvalue weighted by Crippen LogP contribution is -2.20. The Labute approximate surface area is 113 Å². The third-order valence-electron chi connectivity index (χ3n) is 2.54. The van der Waals surface area contributed by atoms with Gasteiger partial charge in [-0.25, -0.2) is 0 Å². The van der Waals surface area contributed by atoms with Gasteiger partial charge in [0.1, 0.15) is 0 Å². The minimum atomic E-state index is -0.618. The van der Waals surface area contributed by atoms with Gasteiger partial charge in [-0.05, 0) is 18.4 Å². The molecule has 0 radical (unpaired) electrons. The van der Waals surface area contributed by atoms with Gasteiger partial charge in [0.2, 0.25) is 0 Å². The van der Waals surface area contributed by atoms with Crippen LogP contribution >= 0.6 is 0 Å². The maximum atomic E-state index is 10.8. The Bertz CT molecular complexity index is 314. The lowest BCUT2D eigenvalue weighted by Gasteiger charge is -2.03. The molecule has 0 fully saturated rings. The van der Waals surface area contributed by atoms with Crippen molar-refractivity contribution in [1.82, 2.24) is 5.32 Å². The van der Waals surface area contributed by atoms with Gasteiger partial charge in [0, 0.05) is 23.5 Å². The molecule has 0 rings (SSSR count). The molecule has 2 amide bonds. The summed E-state index contributed by atoms with van der Waals surface area (Å²) in [6.45, 7) is 2.48. The molecule has 0 aliphatic rings. The van der Waals surface area contributed by atoms with Crippen LogP contribution in [-0.2, 0) is 9.53 Å². The van der Waals surface area contributed by atoms with Crippen LogP contribution in [0.4, 0.5) is 4.79 Å². The number of nitrogens with one attached hydrogen (secondary N) is 1. The molecule has 0 aliphatic heterocycles. The molecule has 0 aliphatic carbocycles. The maximum absolute atomic E-state index is 10.8. The number of esters is 1. The van der Waals surface area contributed by atoms with Crippen molar-refractivity contribution in [3.8, 4) is 0 Å². The summed E-state index contributed by atoms with van der Waals surface area (Å²) in [4.78, 5) is 23.6. The Morgan fingerprint density at radius 3 is 2.26 bits per heavy atom. The van der Waals surface area contributed by atoms with E-state index >= 15 is 0 Å². The van der Waals surface area contributed by atoms with E-state index in [9.17, 15) is 9.59 Å². The predicted octanol–water partition coefficient (Wildman–Crippen LogP) is 3.30. The topological polar surface area (TPSA) is 104 Å². The van der Waals surface area contributed by atoms with Crippen molar-refractivity contribution >= 4 is 12.0 Å². The third-order valence-corrected chi connectivity index (χ3v) is 2.54. The standard InChI is InChI=1S/C12H22N4O3/c1-11(17)19-10-8-6-4-2-3-5-7-9-14-12(18)15-16-13/h2-10H2,1H3,(H,14,18). The number of ether oxygens (including phenoxy) is 1. The van der Waals surface area contributed by atoms with E-state index in [1.807, 2.05) is 0 Å². The van der Waals surface area contributed by atoms with Gasteiger partial charge in [0.15, 0.2) is 0 Å². The summed E-state index contributed by atoms with van der Waals surface area (Å²) in [7, 11) is 0.